The first kappa shape index (κ1) is 14.7. The van der Waals surface area contributed by atoms with E-state index in [0.29, 0.717) is 18.7 Å². The average molecular weight is 300 g/mol. The predicted octanol–water partition coefficient (Wildman–Crippen LogP) is 1.05. The maximum atomic E-state index is 13.4. The van der Waals surface area contributed by atoms with Crippen molar-refractivity contribution < 1.29 is 14.0 Å². The van der Waals surface area contributed by atoms with Gasteiger partial charge < -0.3 is 16.0 Å². The topological polar surface area (TPSA) is 75.4 Å². The first-order chi connectivity index (χ1) is 9.40. The summed E-state index contributed by atoms with van der Waals surface area (Å²) in [7, 11) is 0. The van der Waals surface area contributed by atoms with Crippen LogP contribution < -0.4 is 16.0 Å². The number of nitrogens with zero attached hydrogens (tertiary/aromatic N) is 1. The summed E-state index contributed by atoms with van der Waals surface area (Å²) in [6.07, 6.45) is 0.460. The summed E-state index contributed by atoms with van der Waals surface area (Å²) in [6, 6.07) is 2.87. The highest BCUT2D eigenvalue weighted by Crippen LogP contribution is 2.25. The van der Waals surface area contributed by atoms with Gasteiger partial charge in [0.1, 0.15) is 11.9 Å². The molecule has 1 aromatic rings. The average Bonchev–Trinajstić information content (AvgIpc) is 2.74. The second-order valence-electron chi connectivity index (χ2n) is 4.73. The molecule has 1 aliphatic heterocycles. The van der Waals surface area contributed by atoms with E-state index in [1.54, 1.807) is 13.0 Å². The molecule has 7 heteroatoms. The van der Waals surface area contributed by atoms with Gasteiger partial charge in [-0.2, -0.15) is 0 Å². The van der Waals surface area contributed by atoms with Crippen molar-refractivity contribution in [3.05, 3.63) is 29.0 Å². The molecular weight excluding hydrogens is 285 g/mol. The SMILES string of the molecule is CC(N)C(=O)NC1CCN(c2ccc(Cl)c(F)c2)C1=O. The molecule has 2 unspecified atom stereocenters. The van der Waals surface area contributed by atoms with Gasteiger partial charge in [0.25, 0.3) is 0 Å². The van der Waals surface area contributed by atoms with Crippen molar-refractivity contribution in [3.8, 4) is 0 Å². The van der Waals surface area contributed by atoms with Crippen molar-refractivity contribution in [2.24, 2.45) is 5.73 Å². The van der Waals surface area contributed by atoms with Crippen molar-refractivity contribution >= 4 is 29.1 Å². The maximum absolute atomic E-state index is 13.4. The zero-order valence-electron chi connectivity index (χ0n) is 10.9. The Kier molecular flexibility index (Phi) is 4.25. The van der Waals surface area contributed by atoms with Crippen LogP contribution in [0.2, 0.25) is 5.02 Å². The van der Waals surface area contributed by atoms with Gasteiger partial charge in [-0.15, -0.1) is 0 Å². The Bertz CT molecular complexity index is 550. The van der Waals surface area contributed by atoms with Gasteiger partial charge in [0.2, 0.25) is 11.8 Å². The van der Waals surface area contributed by atoms with Crippen molar-refractivity contribution in [1.82, 2.24) is 5.32 Å². The Morgan fingerprint density at radius 2 is 2.30 bits per heavy atom. The molecule has 0 aromatic heterocycles. The fourth-order valence-electron chi connectivity index (χ4n) is 2.03. The largest absolute Gasteiger partial charge is 0.343 e. The fourth-order valence-corrected chi connectivity index (χ4v) is 2.14. The summed E-state index contributed by atoms with van der Waals surface area (Å²) in [4.78, 5) is 25.1. The molecule has 1 aliphatic rings. The number of nitrogens with two attached hydrogens (primary N) is 1. The number of nitrogens with one attached hydrogen (secondary N) is 1. The molecule has 2 atom stereocenters. The van der Waals surface area contributed by atoms with Crippen LogP contribution >= 0.6 is 11.6 Å². The monoisotopic (exact) mass is 299 g/mol. The minimum atomic E-state index is -0.676. The molecular formula is C13H15ClFN3O2. The molecule has 108 valence electrons. The van der Waals surface area contributed by atoms with Gasteiger partial charge in [-0.25, -0.2) is 4.39 Å². The number of anilines is 1. The molecule has 1 aromatic carbocycles. The lowest BCUT2D eigenvalue weighted by Crippen LogP contribution is -2.47. The molecule has 0 saturated carbocycles. The van der Waals surface area contributed by atoms with Gasteiger partial charge in [0, 0.05) is 12.2 Å². The third-order valence-corrected chi connectivity index (χ3v) is 3.46. The van der Waals surface area contributed by atoms with Crippen LogP contribution in [0.1, 0.15) is 13.3 Å². The van der Waals surface area contributed by atoms with Crippen LogP contribution in [0.25, 0.3) is 0 Å². The van der Waals surface area contributed by atoms with Crippen LogP contribution in [-0.2, 0) is 9.59 Å². The van der Waals surface area contributed by atoms with E-state index in [1.807, 2.05) is 0 Å². The van der Waals surface area contributed by atoms with E-state index in [9.17, 15) is 14.0 Å². The van der Waals surface area contributed by atoms with Crippen LogP contribution in [0.15, 0.2) is 18.2 Å². The van der Waals surface area contributed by atoms with Crippen molar-refractivity contribution in [2.45, 2.75) is 25.4 Å². The molecule has 0 bridgehead atoms. The minimum Gasteiger partial charge on any atom is -0.343 e. The van der Waals surface area contributed by atoms with Crippen molar-refractivity contribution in [2.75, 3.05) is 11.4 Å². The molecule has 5 nitrogen and oxygen atoms in total. The van der Waals surface area contributed by atoms with Gasteiger partial charge in [0.05, 0.1) is 11.1 Å². The van der Waals surface area contributed by atoms with E-state index in [-0.39, 0.29) is 16.8 Å². The molecule has 2 rings (SSSR count). The molecule has 3 N–H and O–H groups in total. The third-order valence-electron chi connectivity index (χ3n) is 3.15. The first-order valence-corrected chi connectivity index (χ1v) is 6.60. The predicted molar refractivity (Wildman–Crippen MR) is 74.0 cm³/mol. The van der Waals surface area contributed by atoms with Crippen molar-refractivity contribution in [1.29, 1.82) is 0 Å². The highest BCUT2D eigenvalue weighted by molar-refractivity contribution is 6.30. The smallest absolute Gasteiger partial charge is 0.249 e. The van der Waals surface area contributed by atoms with Crippen LogP contribution in [0, 0.1) is 5.82 Å². The van der Waals surface area contributed by atoms with Gasteiger partial charge >= 0.3 is 0 Å². The second kappa shape index (κ2) is 5.76. The maximum Gasteiger partial charge on any atom is 0.249 e. The highest BCUT2D eigenvalue weighted by Gasteiger charge is 2.34. The van der Waals surface area contributed by atoms with Gasteiger partial charge in [-0.05, 0) is 31.5 Å². The molecule has 1 fully saturated rings. The van der Waals surface area contributed by atoms with E-state index < -0.39 is 17.9 Å². The van der Waals surface area contributed by atoms with Crippen LogP contribution in [0.4, 0.5) is 10.1 Å². The Hall–Kier alpha value is -1.66. The van der Waals surface area contributed by atoms with Crippen molar-refractivity contribution in [3.63, 3.8) is 0 Å². The summed E-state index contributed by atoms with van der Waals surface area (Å²) in [5.74, 6) is -1.24. The number of amides is 2. The van der Waals surface area contributed by atoms with Crippen LogP contribution in [-0.4, -0.2) is 30.4 Å². The molecule has 2 amide bonds. The minimum absolute atomic E-state index is 0.00204. The Morgan fingerprint density at radius 3 is 2.90 bits per heavy atom. The lowest BCUT2D eigenvalue weighted by Gasteiger charge is -2.18. The quantitative estimate of drug-likeness (QED) is 0.876. The third kappa shape index (κ3) is 2.91. The number of benzene rings is 1. The zero-order valence-corrected chi connectivity index (χ0v) is 11.7. The Morgan fingerprint density at radius 1 is 1.60 bits per heavy atom. The van der Waals surface area contributed by atoms with Crippen LogP contribution in [0.5, 0.6) is 0 Å². The van der Waals surface area contributed by atoms with Gasteiger partial charge in [-0.1, -0.05) is 11.6 Å². The lowest BCUT2D eigenvalue weighted by molar-refractivity contribution is -0.127. The highest BCUT2D eigenvalue weighted by atomic mass is 35.5. The van der Waals surface area contributed by atoms with Gasteiger partial charge in [-0.3, -0.25) is 9.59 Å². The molecule has 0 radical (unpaired) electrons. The second-order valence-corrected chi connectivity index (χ2v) is 5.13. The molecule has 0 spiro atoms. The molecule has 1 saturated heterocycles. The molecule has 1 heterocycles. The first-order valence-electron chi connectivity index (χ1n) is 6.22. The summed E-state index contributed by atoms with van der Waals surface area (Å²) in [5, 5.41) is 2.58. The molecule has 20 heavy (non-hydrogen) atoms. The molecule has 0 aliphatic carbocycles. The summed E-state index contributed by atoms with van der Waals surface area (Å²) in [6.45, 7) is 1.95. The Labute approximate surface area is 120 Å². The normalized spacial score (nSPS) is 20.1. The number of carbonyl (C=O) groups excluding carboxylic acids is 2. The number of halogens is 2. The lowest BCUT2D eigenvalue weighted by atomic mass is 10.2. The van der Waals surface area contributed by atoms with E-state index in [4.69, 9.17) is 17.3 Å². The van der Waals surface area contributed by atoms with E-state index in [2.05, 4.69) is 5.32 Å². The summed E-state index contributed by atoms with van der Waals surface area (Å²) in [5.41, 5.74) is 5.87. The van der Waals surface area contributed by atoms with E-state index in [0.717, 1.165) is 0 Å². The number of rotatable bonds is 3. The Balaban J connectivity index is 2.11. The zero-order chi connectivity index (χ0) is 14.9. The summed E-state index contributed by atoms with van der Waals surface area (Å²) < 4.78 is 13.4. The van der Waals surface area contributed by atoms with E-state index >= 15 is 0 Å². The number of hydrogen-bond acceptors (Lipinski definition) is 3. The van der Waals surface area contributed by atoms with Crippen LogP contribution in [0.3, 0.4) is 0 Å². The van der Waals surface area contributed by atoms with E-state index in [1.165, 1.54) is 17.0 Å². The standard InChI is InChI=1S/C13H15ClFN3O2/c1-7(16)12(19)17-11-4-5-18(13(11)20)8-2-3-9(14)10(15)6-8/h2-3,6-7,11H,4-5,16H2,1H3,(H,17,19). The summed E-state index contributed by atoms with van der Waals surface area (Å²) >= 11 is 5.61. The number of carbonyl (C=O) groups is 2. The number of hydrogen-bond donors (Lipinski definition) is 2. The fraction of sp³-hybridized carbons (Fsp3) is 0.385. The van der Waals surface area contributed by atoms with Gasteiger partial charge in [0.15, 0.2) is 0 Å².